The number of sulfonamides is 1. The van der Waals surface area contributed by atoms with E-state index < -0.39 is 10.0 Å². The topological polar surface area (TPSA) is 86.7 Å². The molecule has 21 heavy (non-hydrogen) atoms. The van der Waals surface area contributed by atoms with Gasteiger partial charge in [-0.25, -0.2) is 13.1 Å². The van der Waals surface area contributed by atoms with Gasteiger partial charge in [-0.15, -0.1) is 11.3 Å². The number of aliphatic hydroxyl groups excluding tert-OH is 1. The van der Waals surface area contributed by atoms with E-state index in [1.807, 2.05) is 0 Å². The summed E-state index contributed by atoms with van der Waals surface area (Å²) in [7, 11) is -1.79. The number of nitrogens with one attached hydrogen (secondary N) is 1. The molecule has 0 unspecified atom stereocenters. The van der Waals surface area contributed by atoms with Crippen molar-refractivity contribution in [2.75, 3.05) is 20.1 Å². The van der Waals surface area contributed by atoms with Crippen molar-refractivity contribution in [2.24, 2.45) is 5.92 Å². The van der Waals surface area contributed by atoms with Crippen LogP contribution in [0.2, 0.25) is 0 Å². The summed E-state index contributed by atoms with van der Waals surface area (Å²) in [5.74, 6) is 0.266. The molecule has 0 radical (unpaired) electrons. The van der Waals surface area contributed by atoms with Gasteiger partial charge in [0.05, 0.1) is 6.10 Å². The van der Waals surface area contributed by atoms with Crippen LogP contribution in [0.1, 0.15) is 19.3 Å². The van der Waals surface area contributed by atoms with Gasteiger partial charge in [0.25, 0.3) is 0 Å². The molecule has 1 heterocycles. The third-order valence-electron chi connectivity index (χ3n) is 3.56. The van der Waals surface area contributed by atoms with Crippen molar-refractivity contribution < 1.29 is 18.3 Å². The number of hydrogen-bond acceptors (Lipinski definition) is 5. The van der Waals surface area contributed by atoms with Crippen molar-refractivity contribution in [3.63, 3.8) is 0 Å². The standard InChI is InChI=1S/C13H20N2O4S2/c1-15(9-10-7-11(16)8-10)12(17)4-5-14-21(18,19)13-3-2-6-20-13/h2-3,6,10-11,14,16H,4-5,7-9H2,1H3. The lowest BCUT2D eigenvalue weighted by Gasteiger charge is -2.34. The largest absolute Gasteiger partial charge is 0.393 e. The Morgan fingerprint density at radius 2 is 2.24 bits per heavy atom. The zero-order chi connectivity index (χ0) is 15.5. The number of hydrogen-bond donors (Lipinski definition) is 2. The van der Waals surface area contributed by atoms with E-state index in [0.717, 1.165) is 24.2 Å². The molecule has 0 atom stereocenters. The van der Waals surface area contributed by atoms with Crippen molar-refractivity contribution in [3.8, 4) is 0 Å². The van der Waals surface area contributed by atoms with Crippen LogP contribution in [0, 0.1) is 5.92 Å². The van der Waals surface area contributed by atoms with Crippen LogP contribution < -0.4 is 4.72 Å². The molecular weight excluding hydrogens is 312 g/mol. The number of carbonyl (C=O) groups excluding carboxylic acids is 1. The third-order valence-corrected chi connectivity index (χ3v) is 6.42. The normalized spacial score (nSPS) is 21.8. The molecule has 0 spiro atoms. The van der Waals surface area contributed by atoms with E-state index in [4.69, 9.17) is 0 Å². The fraction of sp³-hybridized carbons (Fsp3) is 0.615. The lowest BCUT2D eigenvalue weighted by Crippen LogP contribution is -2.40. The highest BCUT2D eigenvalue weighted by molar-refractivity contribution is 7.91. The number of amides is 1. The lowest BCUT2D eigenvalue weighted by molar-refractivity contribution is -0.131. The quantitative estimate of drug-likeness (QED) is 0.767. The molecule has 0 bridgehead atoms. The molecule has 1 saturated carbocycles. The maximum Gasteiger partial charge on any atom is 0.250 e. The Bertz CT molecular complexity index is 565. The predicted octanol–water partition coefficient (Wildman–Crippen LogP) is 0.646. The van der Waals surface area contributed by atoms with Gasteiger partial charge in [-0.3, -0.25) is 4.79 Å². The molecule has 2 N–H and O–H groups in total. The molecule has 2 rings (SSSR count). The minimum absolute atomic E-state index is 0.0923. The first-order valence-electron chi connectivity index (χ1n) is 6.83. The zero-order valence-electron chi connectivity index (χ0n) is 11.9. The van der Waals surface area contributed by atoms with Crippen molar-refractivity contribution in [1.82, 2.24) is 9.62 Å². The SMILES string of the molecule is CN(CC1CC(O)C1)C(=O)CCNS(=O)(=O)c1cccs1. The summed E-state index contributed by atoms with van der Waals surface area (Å²) in [5, 5.41) is 10.9. The smallest absolute Gasteiger partial charge is 0.250 e. The van der Waals surface area contributed by atoms with Crippen LogP contribution in [-0.2, 0) is 14.8 Å². The van der Waals surface area contributed by atoms with Crippen molar-refractivity contribution >= 4 is 27.3 Å². The van der Waals surface area contributed by atoms with Gasteiger partial charge in [0, 0.05) is 26.6 Å². The van der Waals surface area contributed by atoms with E-state index >= 15 is 0 Å². The average molecular weight is 332 g/mol. The number of aliphatic hydroxyl groups is 1. The van der Waals surface area contributed by atoms with E-state index in [1.165, 1.54) is 6.07 Å². The minimum Gasteiger partial charge on any atom is -0.393 e. The summed E-state index contributed by atoms with van der Waals surface area (Å²) in [6.45, 7) is 0.713. The van der Waals surface area contributed by atoms with Gasteiger partial charge in [-0.1, -0.05) is 6.07 Å². The Morgan fingerprint density at radius 1 is 1.52 bits per heavy atom. The van der Waals surface area contributed by atoms with Crippen LogP contribution in [0.4, 0.5) is 0 Å². The van der Waals surface area contributed by atoms with Gasteiger partial charge >= 0.3 is 0 Å². The molecule has 0 aromatic carbocycles. The summed E-state index contributed by atoms with van der Waals surface area (Å²) in [6, 6.07) is 3.20. The second-order valence-electron chi connectivity index (χ2n) is 5.35. The first-order chi connectivity index (χ1) is 9.88. The van der Waals surface area contributed by atoms with Gasteiger partial charge in [-0.05, 0) is 30.2 Å². The van der Waals surface area contributed by atoms with E-state index in [9.17, 15) is 18.3 Å². The number of nitrogens with zero attached hydrogens (tertiary/aromatic N) is 1. The molecule has 8 heteroatoms. The fourth-order valence-corrected chi connectivity index (χ4v) is 4.38. The monoisotopic (exact) mass is 332 g/mol. The van der Waals surface area contributed by atoms with Crippen LogP contribution in [0.25, 0.3) is 0 Å². The van der Waals surface area contributed by atoms with Crippen molar-refractivity contribution in [1.29, 1.82) is 0 Å². The number of rotatable bonds is 7. The second kappa shape index (κ2) is 6.87. The first kappa shape index (κ1) is 16.4. The number of thiophene rings is 1. The molecule has 0 aliphatic heterocycles. The van der Waals surface area contributed by atoms with Crippen LogP contribution >= 0.6 is 11.3 Å². The maximum atomic E-state index is 11.9. The lowest BCUT2D eigenvalue weighted by atomic mass is 9.82. The van der Waals surface area contributed by atoms with Gasteiger partial charge in [0.1, 0.15) is 4.21 Å². The summed E-state index contributed by atoms with van der Waals surface area (Å²) in [6.07, 6.45) is 1.39. The molecule has 118 valence electrons. The summed E-state index contributed by atoms with van der Waals surface area (Å²) in [5.41, 5.74) is 0. The van der Waals surface area contributed by atoms with Crippen molar-refractivity contribution in [2.45, 2.75) is 29.6 Å². The van der Waals surface area contributed by atoms with Crippen LogP contribution in [0.15, 0.2) is 21.7 Å². The average Bonchev–Trinajstić information content (AvgIpc) is 2.91. The maximum absolute atomic E-state index is 11.9. The number of carbonyl (C=O) groups is 1. The van der Waals surface area contributed by atoms with E-state index in [1.54, 1.807) is 23.4 Å². The fourth-order valence-electron chi connectivity index (χ4n) is 2.31. The summed E-state index contributed by atoms with van der Waals surface area (Å²) in [4.78, 5) is 13.5. The van der Waals surface area contributed by atoms with Gasteiger partial charge in [0.15, 0.2) is 0 Å². The Hall–Kier alpha value is -0.960. The minimum atomic E-state index is -3.50. The van der Waals surface area contributed by atoms with Crippen LogP contribution in [-0.4, -0.2) is 50.6 Å². The Labute approximate surface area is 128 Å². The molecule has 6 nitrogen and oxygen atoms in total. The van der Waals surface area contributed by atoms with Crippen LogP contribution in [0.5, 0.6) is 0 Å². The predicted molar refractivity (Wildman–Crippen MR) is 80.5 cm³/mol. The first-order valence-corrected chi connectivity index (χ1v) is 9.20. The molecule has 0 saturated heterocycles. The van der Waals surface area contributed by atoms with E-state index in [-0.39, 0.29) is 29.2 Å². The molecule has 1 aromatic heterocycles. The molecule has 1 aliphatic rings. The van der Waals surface area contributed by atoms with E-state index in [0.29, 0.717) is 12.5 Å². The molecule has 1 aromatic rings. The Balaban J connectivity index is 1.71. The Morgan fingerprint density at radius 3 is 2.81 bits per heavy atom. The second-order valence-corrected chi connectivity index (χ2v) is 8.29. The van der Waals surface area contributed by atoms with Gasteiger partial charge in [-0.2, -0.15) is 0 Å². The highest BCUT2D eigenvalue weighted by Crippen LogP contribution is 2.27. The summed E-state index contributed by atoms with van der Waals surface area (Å²) < 4.78 is 26.4. The van der Waals surface area contributed by atoms with Crippen molar-refractivity contribution in [3.05, 3.63) is 17.5 Å². The van der Waals surface area contributed by atoms with Crippen LogP contribution in [0.3, 0.4) is 0 Å². The molecular formula is C13H20N2O4S2. The van der Waals surface area contributed by atoms with Gasteiger partial charge < -0.3 is 10.0 Å². The Kier molecular flexibility index (Phi) is 5.37. The third kappa shape index (κ3) is 4.50. The van der Waals surface area contributed by atoms with E-state index in [2.05, 4.69) is 4.72 Å². The molecule has 1 amide bonds. The summed E-state index contributed by atoms with van der Waals surface area (Å²) >= 11 is 1.14. The molecule has 1 aliphatic carbocycles. The van der Waals surface area contributed by atoms with Gasteiger partial charge in [0.2, 0.25) is 15.9 Å². The highest BCUT2D eigenvalue weighted by Gasteiger charge is 2.29. The highest BCUT2D eigenvalue weighted by atomic mass is 32.2. The zero-order valence-corrected chi connectivity index (χ0v) is 13.5. The molecule has 1 fully saturated rings.